The Bertz CT molecular complexity index is 130. The smallest absolute Gasteiger partial charge is 0.0434 e. The Labute approximate surface area is 74.5 Å². The Kier molecular flexibility index (Phi) is 3.98. The molecule has 0 aliphatic carbocycles. The number of aliphatic hydroxyl groups is 1. The molecule has 0 bridgehead atoms. The summed E-state index contributed by atoms with van der Waals surface area (Å²) in [5.41, 5.74) is 5.90. The third-order valence-electron chi connectivity index (χ3n) is 2.63. The van der Waals surface area contributed by atoms with Gasteiger partial charge >= 0.3 is 0 Å². The zero-order chi connectivity index (χ0) is 8.97. The summed E-state index contributed by atoms with van der Waals surface area (Å²) in [4.78, 5) is 2.37. The second-order valence-corrected chi connectivity index (χ2v) is 3.73. The van der Waals surface area contributed by atoms with Crippen molar-refractivity contribution in [2.75, 3.05) is 26.2 Å². The summed E-state index contributed by atoms with van der Waals surface area (Å²) in [6.07, 6.45) is 1.99. The number of nitrogens with two attached hydrogens (primary N) is 1. The van der Waals surface area contributed by atoms with Crippen molar-refractivity contribution in [3.63, 3.8) is 0 Å². The van der Waals surface area contributed by atoms with Crippen molar-refractivity contribution in [3.8, 4) is 0 Å². The van der Waals surface area contributed by atoms with Gasteiger partial charge in [-0.15, -0.1) is 0 Å². The van der Waals surface area contributed by atoms with Crippen LogP contribution in [0, 0.1) is 5.92 Å². The Balaban J connectivity index is 2.34. The van der Waals surface area contributed by atoms with E-state index in [2.05, 4.69) is 11.8 Å². The minimum atomic E-state index is 0.301. The molecule has 0 aromatic heterocycles. The molecule has 0 spiro atoms. The lowest BCUT2D eigenvalue weighted by Crippen LogP contribution is -2.46. The second-order valence-electron chi connectivity index (χ2n) is 3.73. The van der Waals surface area contributed by atoms with Gasteiger partial charge in [-0.25, -0.2) is 0 Å². The van der Waals surface area contributed by atoms with E-state index in [9.17, 15) is 0 Å². The van der Waals surface area contributed by atoms with Crippen molar-refractivity contribution in [1.29, 1.82) is 0 Å². The molecule has 12 heavy (non-hydrogen) atoms. The maximum Gasteiger partial charge on any atom is 0.0434 e. The first-order valence-electron chi connectivity index (χ1n) is 4.85. The van der Waals surface area contributed by atoms with Gasteiger partial charge in [-0.05, 0) is 25.3 Å². The fourth-order valence-electron chi connectivity index (χ4n) is 2.00. The zero-order valence-electron chi connectivity index (χ0n) is 7.87. The van der Waals surface area contributed by atoms with E-state index < -0.39 is 0 Å². The van der Waals surface area contributed by atoms with Crippen molar-refractivity contribution < 1.29 is 5.11 Å². The van der Waals surface area contributed by atoms with Crippen molar-refractivity contribution in [3.05, 3.63) is 0 Å². The van der Waals surface area contributed by atoms with Crippen molar-refractivity contribution in [2.45, 2.75) is 25.8 Å². The number of likely N-dealkylation sites (tertiary alicyclic amines) is 1. The van der Waals surface area contributed by atoms with Gasteiger partial charge in [0, 0.05) is 25.7 Å². The van der Waals surface area contributed by atoms with Crippen molar-refractivity contribution >= 4 is 0 Å². The maximum absolute atomic E-state index is 8.80. The van der Waals surface area contributed by atoms with Crippen LogP contribution >= 0.6 is 0 Å². The highest BCUT2D eigenvalue weighted by Gasteiger charge is 2.23. The van der Waals surface area contributed by atoms with Crippen LogP contribution in [-0.2, 0) is 0 Å². The van der Waals surface area contributed by atoms with Gasteiger partial charge in [-0.1, -0.05) is 6.92 Å². The zero-order valence-corrected chi connectivity index (χ0v) is 7.87. The molecule has 0 aromatic carbocycles. The molecule has 0 amide bonds. The standard InChI is InChI=1S/C9H20N2O/c1-2-11-6-8(3-4-12)5-9(10)7-11/h8-9,12H,2-7,10H2,1H3. The van der Waals surface area contributed by atoms with E-state index >= 15 is 0 Å². The van der Waals surface area contributed by atoms with Crippen LogP contribution in [0.25, 0.3) is 0 Å². The quantitative estimate of drug-likeness (QED) is 0.632. The highest BCUT2D eigenvalue weighted by Crippen LogP contribution is 2.18. The molecule has 1 aliphatic rings. The molecule has 0 aromatic rings. The summed E-state index contributed by atoms with van der Waals surface area (Å²) in [6.45, 7) is 5.68. The summed E-state index contributed by atoms with van der Waals surface area (Å²) in [5.74, 6) is 0.610. The Hall–Kier alpha value is -0.120. The molecule has 1 rings (SSSR count). The number of hydrogen-bond acceptors (Lipinski definition) is 3. The lowest BCUT2D eigenvalue weighted by atomic mass is 9.92. The molecule has 2 atom stereocenters. The van der Waals surface area contributed by atoms with E-state index in [4.69, 9.17) is 10.8 Å². The molecule has 1 saturated heterocycles. The van der Waals surface area contributed by atoms with Gasteiger partial charge in [0.1, 0.15) is 0 Å². The number of hydrogen-bond donors (Lipinski definition) is 2. The van der Waals surface area contributed by atoms with E-state index in [-0.39, 0.29) is 0 Å². The molecule has 72 valence electrons. The van der Waals surface area contributed by atoms with Gasteiger partial charge < -0.3 is 15.7 Å². The lowest BCUT2D eigenvalue weighted by molar-refractivity contribution is 0.139. The summed E-state index contributed by atoms with van der Waals surface area (Å²) >= 11 is 0. The van der Waals surface area contributed by atoms with Gasteiger partial charge in [-0.2, -0.15) is 0 Å². The predicted molar refractivity (Wildman–Crippen MR) is 49.9 cm³/mol. The topological polar surface area (TPSA) is 49.5 Å². The number of rotatable bonds is 3. The molecule has 2 unspecified atom stereocenters. The van der Waals surface area contributed by atoms with Gasteiger partial charge in [-0.3, -0.25) is 0 Å². The molecule has 1 fully saturated rings. The van der Waals surface area contributed by atoms with Gasteiger partial charge in [0.05, 0.1) is 0 Å². The summed E-state index contributed by atoms with van der Waals surface area (Å²) in [7, 11) is 0. The number of nitrogens with zero attached hydrogens (tertiary/aromatic N) is 1. The fraction of sp³-hybridized carbons (Fsp3) is 1.00. The molecule has 3 heteroatoms. The SMILES string of the molecule is CCN1CC(N)CC(CCO)C1. The van der Waals surface area contributed by atoms with Crippen molar-refractivity contribution in [1.82, 2.24) is 4.90 Å². The van der Waals surface area contributed by atoms with E-state index in [0.29, 0.717) is 18.6 Å². The first-order valence-corrected chi connectivity index (χ1v) is 4.85. The first kappa shape index (κ1) is 9.96. The summed E-state index contributed by atoms with van der Waals surface area (Å²) in [5, 5.41) is 8.80. The molecule has 1 aliphatic heterocycles. The van der Waals surface area contributed by atoms with Gasteiger partial charge in [0.15, 0.2) is 0 Å². The maximum atomic E-state index is 8.80. The number of aliphatic hydroxyl groups excluding tert-OH is 1. The van der Waals surface area contributed by atoms with E-state index in [1.807, 2.05) is 0 Å². The Morgan fingerprint density at radius 1 is 1.50 bits per heavy atom. The average Bonchev–Trinajstić information content (AvgIpc) is 2.04. The van der Waals surface area contributed by atoms with Crippen LogP contribution < -0.4 is 5.73 Å². The summed E-state index contributed by atoms with van der Waals surface area (Å²) < 4.78 is 0. The Morgan fingerprint density at radius 3 is 2.83 bits per heavy atom. The predicted octanol–water partition coefficient (Wildman–Crippen LogP) is 0.0379. The number of piperidine rings is 1. The second kappa shape index (κ2) is 4.80. The van der Waals surface area contributed by atoms with Crippen LogP contribution in [-0.4, -0.2) is 42.3 Å². The van der Waals surface area contributed by atoms with E-state index in [0.717, 1.165) is 32.5 Å². The van der Waals surface area contributed by atoms with E-state index in [1.54, 1.807) is 0 Å². The lowest BCUT2D eigenvalue weighted by Gasteiger charge is -2.35. The van der Waals surface area contributed by atoms with Crippen LogP contribution in [0.3, 0.4) is 0 Å². The van der Waals surface area contributed by atoms with Gasteiger partial charge in [0.25, 0.3) is 0 Å². The molecule has 3 N–H and O–H groups in total. The van der Waals surface area contributed by atoms with Crippen LogP contribution in [0.1, 0.15) is 19.8 Å². The third kappa shape index (κ3) is 2.73. The molecule has 3 nitrogen and oxygen atoms in total. The monoisotopic (exact) mass is 172 g/mol. The number of likely N-dealkylation sites (N-methyl/N-ethyl adjacent to an activating group) is 1. The van der Waals surface area contributed by atoms with Crippen LogP contribution in [0.5, 0.6) is 0 Å². The minimum Gasteiger partial charge on any atom is -0.396 e. The van der Waals surface area contributed by atoms with Crippen LogP contribution in [0.4, 0.5) is 0 Å². The molecule has 1 heterocycles. The fourth-order valence-corrected chi connectivity index (χ4v) is 2.00. The molecule has 0 saturated carbocycles. The largest absolute Gasteiger partial charge is 0.396 e. The third-order valence-corrected chi connectivity index (χ3v) is 2.63. The minimum absolute atomic E-state index is 0.301. The first-order chi connectivity index (χ1) is 5.76. The van der Waals surface area contributed by atoms with Crippen LogP contribution in [0.2, 0.25) is 0 Å². The van der Waals surface area contributed by atoms with Crippen molar-refractivity contribution in [2.24, 2.45) is 11.7 Å². The van der Waals surface area contributed by atoms with Crippen LogP contribution in [0.15, 0.2) is 0 Å². The molecular formula is C9H20N2O. The highest BCUT2D eigenvalue weighted by atomic mass is 16.3. The highest BCUT2D eigenvalue weighted by molar-refractivity contribution is 4.80. The average molecular weight is 172 g/mol. The van der Waals surface area contributed by atoms with E-state index in [1.165, 1.54) is 0 Å². The normalized spacial score (nSPS) is 32.2. The Morgan fingerprint density at radius 2 is 2.25 bits per heavy atom. The molecule has 0 radical (unpaired) electrons. The molecular weight excluding hydrogens is 152 g/mol. The van der Waals surface area contributed by atoms with Gasteiger partial charge in [0.2, 0.25) is 0 Å². The summed E-state index contributed by atoms with van der Waals surface area (Å²) in [6, 6.07) is 0.315.